The minimum absolute atomic E-state index is 0.0145. The average Bonchev–Trinajstić information content (AvgIpc) is 2.73. The second-order valence-corrected chi connectivity index (χ2v) is 6.97. The Labute approximate surface area is 183 Å². The average molecular weight is 448 g/mol. The lowest BCUT2D eigenvalue weighted by Gasteiger charge is -2.13. The van der Waals surface area contributed by atoms with E-state index in [4.69, 9.17) is 31.1 Å². The maximum absolute atomic E-state index is 12.2. The van der Waals surface area contributed by atoms with Gasteiger partial charge in [0.25, 0.3) is 11.5 Å². The molecule has 2 N–H and O–H groups in total. The number of H-pyrrole nitrogens is 1. The van der Waals surface area contributed by atoms with E-state index in [1.807, 2.05) is 6.07 Å². The van der Waals surface area contributed by atoms with Crippen LogP contribution in [0.25, 0.3) is 0 Å². The molecule has 0 atom stereocenters. The van der Waals surface area contributed by atoms with Gasteiger partial charge in [-0.25, -0.2) is 0 Å². The molecule has 0 saturated heterocycles. The highest BCUT2D eigenvalue weighted by Crippen LogP contribution is 2.35. The number of carbonyl (C=O) groups excluding carboxylic acids is 2. The molecule has 9 nitrogen and oxygen atoms in total. The van der Waals surface area contributed by atoms with Crippen LogP contribution in [0.2, 0.25) is 5.02 Å². The van der Waals surface area contributed by atoms with Gasteiger partial charge in [0, 0.05) is 24.2 Å². The number of esters is 1. The van der Waals surface area contributed by atoms with E-state index in [0.717, 1.165) is 0 Å². The maximum Gasteiger partial charge on any atom is 0.306 e. The lowest BCUT2D eigenvalue weighted by Crippen LogP contribution is -2.22. The summed E-state index contributed by atoms with van der Waals surface area (Å²) in [5.74, 6) is -0.501. The molecular weight excluding hydrogens is 426 g/mol. The number of hydrogen-bond acceptors (Lipinski definition) is 7. The van der Waals surface area contributed by atoms with Crippen molar-refractivity contribution in [3.05, 3.63) is 49.9 Å². The summed E-state index contributed by atoms with van der Waals surface area (Å²) >= 11 is 6.03. The molecule has 0 aliphatic rings. The first-order chi connectivity index (χ1) is 14.7. The van der Waals surface area contributed by atoms with E-state index in [2.05, 4.69) is 10.3 Å². The van der Waals surface area contributed by atoms with Gasteiger partial charge in [-0.1, -0.05) is 11.6 Å². The Morgan fingerprint density at radius 1 is 1.19 bits per heavy atom. The standard InChI is InChI=1S/C21H22ClN3O6/c1-11-13(12(2)24-21(28)14(11)9-23)5-6-20(27)31-10-19(26)25-16-8-17(29-3)15(22)7-18(16)30-4/h7-8H,5-6,10H2,1-4H3,(H,24,28)(H,25,26). The van der Waals surface area contributed by atoms with Crippen LogP contribution in [0.3, 0.4) is 0 Å². The summed E-state index contributed by atoms with van der Waals surface area (Å²) in [4.78, 5) is 38.6. The Morgan fingerprint density at radius 2 is 1.87 bits per heavy atom. The monoisotopic (exact) mass is 447 g/mol. The van der Waals surface area contributed by atoms with Crippen molar-refractivity contribution in [1.82, 2.24) is 4.98 Å². The van der Waals surface area contributed by atoms with Crippen molar-refractivity contribution < 1.29 is 23.8 Å². The summed E-state index contributed by atoms with van der Waals surface area (Å²) in [6.45, 7) is 2.85. The topological polar surface area (TPSA) is 131 Å². The van der Waals surface area contributed by atoms with Gasteiger partial charge in [0.2, 0.25) is 0 Å². The van der Waals surface area contributed by atoms with Gasteiger partial charge in [0.15, 0.2) is 6.61 Å². The molecule has 1 heterocycles. The smallest absolute Gasteiger partial charge is 0.306 e. The summed E-state index contributed by atoms with van der Waals surface area (Å²) in [7, 11) is 2.86. The van der Waals surface area contributed by atoms with E-state index < -0.39 is 24.0 Å². The number of aryl methyl sites for hydroxylation is 1. The van der Waals surface area contributed by atoms with Crippen LogP contribution in [-0.2, 0) is 20.7 Å². The number of anilines is 1. The molecule has 1 aromatic heterocycles. The van der Waals surface area contributed by atoms with Gasteiger partial charge < -0.3 is 24.5 Å². The first-order valence-electron chi connectivity index (χ1n) is 9.21. The second-order valence-electron chi connectivity index (χ2n) is 6.57. The molecule has 2 rings (SSSR count). The Kier molecular flexibility index (Phi) is 8.05. The first kappa shape index (κ1) is 23.8. The minimum atomic E-state index is -0.598. The lowest BCUT2D eigenvalue weighted by atomic mass is 9.99. The van der Waals surface area contributed by atoms with Crippen molar-refractivity contribution >= 4 is 29.2 Å². The van der Waals surface area contributed by atoms with Crippen LogP contribution in [-0.4, -0.2) is 37.7 Å². The van der Waals surface area contributed by atoms with Crippen molar-refractivity contribution in [2.45, 2.75) is 26.7 Å². The number of ether oxygens (including phenoxy) is 3. The van der Waals surface area contributed by atoms with E-state index in [1.54, 1.807) is 13.8 Å². The second kappa shape index (κ2) is 10.5. The van der Waals surface area contributed by atoms with Crippen LogP contribution < -0.4 is 20.3 Å². The Balaban J connectivity index is 1.97. The molecular formula is C21H22ClN3O6. The van der Waals surface area contributed by atoms with E-state index in [1.165, 1.54) is 26.4 Å². The number of nitriles is 1. The number of nitrogens with zero attached hydrogens (tertiary/aromatic N) is 1. The number of rotatable bonds is 8. The van der Waals surface area contributed by atoms with E-state index in [-0.39, 0.29) is 18.4 Å². The number of pyridine rings is 1. The predicted octanol–water partition coefficient (Wildman–Crippen LogP) is 2.65. The van der Waals surface area contributed by atoms with Gasteiger partial charge in [-0.3, -0.25) is 14.4 Å². The molecule has 0 saturated carbocycles. The number of carbonyl (C=O) groups is 2. The largest absolute Gasteiger partial charge is 0.495 e. The van der Waals surface area contributed by atoms with E-state index >= 15 is 0 Å². The quantitative estimate of drug-likeness (QED) is 0.594. The number of aromatic amines is 1. The summed E-state index contributed by atoms with van der Waals surface area (Å²) in [6, 6.07) is 4.85. The number of benzene rings is 1. The lowest BCUT2D eigenvalue weighted by molar-refractivity contribution is -0.147. The van der Waals surface area contributed by atoms with Gasteiger partial charge in [-0.2, -0.15) is 5.26 Å². The summed E-state index contributed by atoms with van der Waals surface area (Å²) in [5, 5.41) is 12.0. The molecule has 0 aliphatic heterocycles. The van der Waals surface area contributed by atoms with Crippen LogP contribution in [0.1, 0.15) is 28.8 Å². The van der Waals surface area contributed by atoms with Crippen molar-refractivity contribution in [3.63, 3.8) is 0 Å². The minimum Gasteiger partial charge on any atom is -0.495 e. The SMILES string of the molecule is COc1cc(NC(=O)COC(=O)CCc2c(C)[nH]c(=O)c(C#N)c2C)c(OC)cc1Cl. The zero-order valence-corrected chi connectivity index (χ0v) is 18.3. The molecule has 0 radical (unpaired) electrons. The molecule has 0 fully saturated rings. The molecule has 1 aromatic carbocycles. The Hall–Kier alpha value is -3.51. The molecule has 1 amide bonds. The molecule has 0 bridgehead atoms. The zero-order valence-electron chi connectivity index (χ0n) is 17.6. The van der Waals surface area contributed by atoms with Crippen molar-refractivity contribution in [2.75, 3.05) is 26.1 Å². The first-order valence-corrected chi connectivity index (χ1v) is 9.59. The summed E-state index contributed by atoms with van der Waals surface area (Å²) in [5.41, 5.74) is 1.66. The molecule has 0 unspecified atom stereocenters. The summed E-state index contributed by atoms with van der Waals surface area (Å²) in [6.07, 6.45) is 0.232. The number of aromatic nitrogens is 1. The molecule has 10 heteroatoms. The van der Waals surface area contributed by atoms with Gasteiger partial charge >= 0.3 is 5.97 Å². The molecule has 0 aliphatic carbocycles. The van der Waals surface area contributed by atoms with E-state index in [9.17, 15) is 14.4 Å². The van der Waals surface area contributed by atoms with Crippen molar-refractivity contribution in [2.24, 2.45) is 0 Å². The highest BCUT2D eigenvalue weighted by atomic mass is 35.5. The normalized spacial score (nSPS) is 10.2. The number of methoxy groups -OCH3 is 2. The summed E-state index contributed by atoms with van der Waals surface area (Å²) < 4.78 is 15.3. The Bertz CT molecular complexity index is 1100. The number of amides is 1. The highest BCUT2D eigenvalue weighted by molar-refractivity contribution is 6.32. The highest BCUT2D eigenvalue weighted by Gasteiger charge is 2.16. The van der Waals surface area contributed by atoms with Gasteiger partial charge in [0.05, 0.1) is 24.9 Å². The maximum atomic E-state index is 12.2. The number of nitrogens with one attached hydrogen (secondary N) is 2. The fourth-order valence-electron chi connectivity index (χ4n) is 3.01. The van der Waals surface area contributed by atoms with Gasteiger partial charge in [-0.15, -0.1) is 0 Å². The fourth-order valence-corrected chi connectivity index (χ4v) is 3.24. The van der Waals surface area contributed by atoms with Crippen LogP contribution in [0.15, 0.2) is 16.9 Å². The fraction of sp³-hybridized carbons (Fsp3) is 0.333. The Morgan fingerprint density at radius 3 is 2.48 bits per heavy atom. The van der Waals surface area contributed by atoms with Crippen LogP contribution in [0.5, 0.6) is 11.5 Å². The van der Waals surface area contributed by atoms with Gasteiger partial charge in [0.1, 0.15) is 23.1 Å². The van der Waals surface area contributed by atoms with Crippen LogP contribution in [0, 0.1) is 25.2 Å². The predicted molar refractivity (Wildman–Crippen MR) is 114 cm³/mol. The third kappa shape index (κ3) is 5.77. The van der Waals surface area contributed by atoms with Crippen molar-refractivity contribution in [1.29, 1.82) is 5.26 Å². The van der Waals surface area contributed by atoms with Gasteiger partial charge in [-0.05, 0) is 31.4 Å². The van der Waals surface area contributed by atoms with Crippen molar-refractivity contribution in [3.8, 4) is 17.6 Å². The number of hydrogen-bond donors (Lipinski definition) is 2. The zero-order chi connectivity index (χ0) is 23.1. The molecule has 164 valence electrons. The third-order valence-electron chi connectivity index (χ3n) is 4.61. The van der Waals surface area contributed by atoms with Crippen LogP contribution >= 0.6 is 11.6 Å². The third-order valence-corrected chi connectivity index (χ3v) is 4.91. The van der Waals surface area contributed by atoms with E-state index in [0.29, 0.717) is 39.0 Å². The number of halogens is 1. The van der Waals surface area contributed by atoms with Crippen LogP contribution in [0.4, 0.5) is 5.69 Å². The molecule has 0 spiro atoms. The molecule has 31 heavy (non-hydrogen) atoms. The molecule has 2 aromatic rings.